The normalized spacial score (nSPS) is 15.5. The third kappa shape index (κ3) is 6.66. The second-order valence-corrected chi connectivity index (χ2v) is 10.0. The molecule has 0 amide bonds. The Kier molecular flexibility index (Phi) is 9.49. The molecule has 0 aliphatic heterocycles. The molecule has 1 atom stereocenters. The van der Waals surface area contributed by atoms with Gasteiger partial charge in [0.05, 0.1) is 6.61 Å². The van der Waals surface area contributed by atoms with Crippen molar-refractivity contribution in [3.05, 3.63) is 83.7 Å². The van der Waals surface area contributed by atoms with Gasteiger partial charge in [0, 0.05) is 11.1 Å². The van der Waals surface area contributed by atoms with Crippen molar-refractivity contribution in [1.29, 1.82) is 0 Å². The van der Waals surface area contributed by atoms with E-state index in [2.05, 4.69) is 13.0 Å². The van der Waals surface area contributed by atoms with E-state index in [1.807, 2.05) is 12.1 Å². The van der Waals surface area contributed by atoms with Gasteiger partial charge in [-0.3, -0.25) is 0 Å². The van der Waals surface area contributed by atoms with Crippen LogP contribution in [0.25, 0.3) is 27.8 Å². The lowest BCUT2D eigenvalue weighted by atomic mass is 9.83. The van der Waals surface area contributed by atoms with Crippen LogP contribution < -0.4 is 4.74 Å². The van der Waals surface area contributed by atoms with Crippen molar-refractivity contribution in [3.8, 4) is 28.0 Å². The van der Waals surface area contributed by atoms with Crippen LogP contribution in [0.1, 0.15) is 77.2 Å². The Morgan fingerprint density at radius 2 is 1.43 bits per heavy atom. The van der Waals surface area contributed by atoms with Crippen molar-refractivity contribution in [3.63, 3.8) is 0 Å². The van der Waals surface area contributed by atoms with Crippen LogP contribution in [0.5, 0.6) is 5.75 Å². The molecule has 0 radical (unpaired) electrons. The van der Waals surface area contributed by atoms with E-state index in [0.29, 0.717) is 16.7 Å². The first kappa shape index (κ1) is 27.0. The highest BCUT2D eigenvalue weighted by Gasteiger charge is 2.18. The van der Waals surface area contributed by atoms with Crippen LogP contribution in [0.4, 0.5) is 13.2 Å². The van der Waals surface area contributed by atoms with Crippen LogP contribution in [0.15, 0.2) is 60.7 Å². The summed E-state index contributed by atoms with van der Waals surface area (Å²) in [6.45, 7) is 4.22. The first-order valence-corrected chi connectivity index (χ1v) is 13.7. The lowest BCUT2D eigenvalue weighted by molar-refractivity contribution is 0.314. The Bertz CT molecular complexity index is 1210. The highest BCUT2D eigenvalue weighted by atomic mass is 19.2. The molecule has 0 N–H and O–H groups in total. The van der Waals surface area contributed by atoms with E-state index in [9.17, 15) is 8.78 Å². The second kappa shape index (κ2) is 13.0. The van der Waals surface area contributed by atoms with Gasteiger partial charge in [-0.15, -0.1) is 0 Å². The molecule has 0 saturated heterocycles. The minimum absolute atomic E-state index is 0.103. The van der Waals surface area contributed by atoms with E-state index >= 15 is 4.39 Å². The molecule has 4 heteroatoms. The fourth-order valence-electron chi connectivity index (χ4n) is 5.25. The van der Waals surface area contributed by atoms with Gasteiger partial charge in [0.2, 0.25) is 5.82 Å². The average molecular weight is 507 g/mol. The zero-order valence-electron chi connectivity index (χ0n) is 22.0. The highest BCUT2D eigenvalue weighted by molar-refractivity contribution is 5.74. The summed E-state index contributed by atoms with van der Waals surface area (Å²) in [6.07, 6.45) is 13.5. The Morgan fingerprint density at radius 3 is 2.08 bits per heavy atom. The fourth-order valence-corrected chi connectivity index (χ4v) is 5.25. The van der Waals surface area contributed by atoms with Crippen LogP contribution in [0, 0.1) is 23.4 Å². The average Bonchev–Trinajstić information content (AvgIpc) is 2.92. The molecule has 196 valence electrons. The van der Waals surface area contributed by atoms with Crippen LogP contribution in [0.3, 0.4) is 0 Å². The molecule has 0 aromatic heterocycles. The quantitative estimate of drug-likeness (QED) is 0.235. The van der Waals surface area contributed by atoms with E-state index in [4.69, 9.17) is 4.74 Å². The van der Waals surface area contributed by atoms with Crippen molar-refractivity contribution >= 4 is 5.57 Å². The topological polar surface area (TPSA) is 9.23 Å². The number of halogens is 3. The summed E-state index contributed by atoms with van der Waals surface area (Å²) in [7, 11) is 0. The van der Waals surface area contributed by atoms with Crippen LogP contribution >= 0.6 is 0 Å². The molecule has 0 saturated carbocycles. The maximum Gasteiger partial charge on any atom is 0.201 e. The third-order valence-electron chi connectivity index (χ3n) is 7.43. The molecule has 1 nitrogen and oxygen atoms in total. The number of hydrogen-bond donors (Lipinski definition) is 0. The fraction of sp³-hybridized carbons (Fsp3) is 0.394. The summed E-state index contributed by atoms with van der Waals surface area (Å²) in [6, 6.07) is 15.2. The number of rotatable bonds is 11. The summed E-state index contributed by atoms with van der Waals surface area (Å²) in [4.78, 5) is 0. The molecule has 1 aliphatic rings. The first-order valence-electron chi connectivity index (χ1n) is 13.7. The molecule has 1 unspecified atom stereocenters. The predicted octanol–water partition coefficient (Wildman–Crippen LogP) is 10.4. The molecule has 37 heavy (non-hydrogen) atoms. The van der Waals surface area contributed by atoms with E-state index in [1.54, 1.807) is 37.3 Å². The molecular formula is C33H37F3O. The van der Waals surface area contributed by atoms with Gasteiger partial charge in [0.1, 0.15) is 5.82 Å². The Balaban J connectivity index is 1.42. The van der Waals surface area contributed by atoms with Crippen molar-refractivity contribution < 1.29 is 17.9 Å². The smallest absolute Gasteiger partial charge is 0.201 e. The number of hydrogen-bond acceptors (Lipinski definition) is 1. The molecule has 0 fully saturated rings. The largest absolute Gasteiger partial charge is 0.491 e. The van der Waals surface area contributed by atoms with Gasteiger partial charge in [0.15, 0.2) is 11.6 Å². The van der Waals surface area contributed by atoms with Crippen molar-refractivity contribution in [1.82, 2.24) is 0 Å². The van der Waals surface area contributed by atoms with Crippen LogP contribution in [0.2, 0.25) is 0 Å². The minimum Gasteiger partial charge on any atom is -0.491 e. The van der Waals surface area contributed by atoms with E-state index < -0.39 is 11.6 Å². The molecule has 3 aromatic rings. The Labute approximate surface area is 219 Å². The zero-order chi connectivity index (χ0) is 26.2. The summed E-state index contributed by atoms with van der Waals surface area (Å²) in [5.41, 5.74) is 4.04. The first-order chi connectivity index (χ1) is 18.0. The van der Waals surface area contributed by atoms with Gasteiger partial charge in [-0.2, -0.15) is 4.39 Å². The van der Waals surface area contributed by atoms with Gasteiger partial charge in [-0.05, 0) is 72.6 Å². The standard InChI is InChI=1S/C33H37F3O/c1-3-5-6-7-8-9-23-10-12-24(13-11-23)27-18-19-28(30(34)22-27)25-14-16-26(17-15-25)29-20-21-31(37-4-2)33(36)32(29)35/h12,14-23H,3-11,13H2,1-2H3. The SMILES string of the molecule is CCCCCCCC1CC=C(c2ccc(-c3ccc(-c4ccc(OCC)c(F)c4F)cc3)c(F)c2)CC1. The second-order valence-electron chi connectivity index (χ2n) is 10.0. The van der Waals surface area contributed by atoms with E-state index in [-0.39, 0.29) is 23.7 Å². The summed E-state index contributed by atoms with van der Waals surface area (Å²) in [5.74, 6) is -1.58. The maximum atomic E-state index is 15.1. The predicted molar refractivity (Wildman–Crippen MR) is 147 cm³/mol. The molecule has 0 heterocycles. The van der Waals surface area contributed by atoms with Gasteiger partial charge in [-0.25, -0.2) is 8.78 Å². The van der Waals surface area contributed by atoms with Gasteiger partial charge in [-0.1, -0.05) is 87.9 Å². The molecule has 0 bridgehead atoms. The highest BCUT2D eigenvalue weighted by Crippen LogP contribution is 2.36. The van der Waals surface area contributed by atoms with Gasteiger partial charge >= 0.3 is 0 Å². The number of ether oxygens (including phenoxy) is 1. The van der Waals surface area contributed by atoms with Gasteiger partial charge in [0.25, 0.3) is 0 Å². The van der Waals surface area contributed by atoms with Crippen molar-refractivity contribution in [2.75, 3.05) is 6.61 Å². The lowest BCUT2D eigenvalue weighted by Gasteiger charge is -2.22. The summed E-state index contributed by atoms with van der Waals surface area (Å²) in [5, 5.41) is 0. The number of benzene rings is 3. The maximum absolute atomic E-state index is 15.1. The Morgan fingerprint density at radius 1 is 0.757 bits per heavy atom. The van der Waals surface area contributed by atoms with E-state index in [1.165, 1.54) is 62.7 Å². The van der Waals surface area contributed by atoms with E-state index in [0.717, 1.165) is 24.3 Å². The third-order valence-corrected chi connectivity index (χ3v) is 7.43. The number of unbranched alkanes of at least 4 members (excludes halogenated alkanes) is 4. The molecule has 3 aromatic carbocycles. The zero-order valence-corrected chi connectivity index (χ0v) is 22.0. The molecular weight excluding hydrogens is 469 g/mol. The number of allylic oxidation sites excluding steroid dienone is 2. The van der Waals surface area contributed by atoms with Gasteiger partial charge < -0.3 is 4.74 Å². The Hall–Kier alpha value is -3.01. The van der Waals surface area contributed by atoms with Crippen molar-refractivity contribution in [2.24, 2.45) is 5.92 Å². The van der Waals surface area contributed by atoms with Crippen molar-refractivity contribution in [2.45, 2.75) is 71.6 Å². The monoisotopic (exact) mass is 506 g/mol. The van der Waals surface area contributed by atoms with Crippen LogP contribution in [-0.4, -0.2) is 6.61 Å². The molecule has 1 aliphatic carbocycles. The summed E-state index contributed by atoms with van der Waals surface area (Å²) >= 11 is 0. The van der Waals surface area contributed by atoms with Crippen LogP contribution in [-0.2, 0) is 0 Å². The molecule has 0 spiro atoms. The molecule has 4 rings (SSSR count). The minimum atomic E-state index is -1.000. The summed E-state index contributed by atoms with van der Waals surface area (Å²) < 4.78 is 49.1. The lowest BCUT2D eigenvalue weighted by Crippen LogP contribution is -2.05.